The summed E-state index contributed by atoms with van der Waals surface area (Å²) in [7, 11) is 1.46. The Balaban J connectivity index is 1.65. The first kappa shape index (κ1) is 23.4. The molecule has 0 saturated heterocycles. The summed E-state index contributed by atoms with van der Waals surface area (Å²) in [6.45, 7) is 0.143. The minimum atomic E-state index is -4.51. The number of fused-ring (bicyclic) bond motifs is 1. The van der Waals surface area contributed by atoms with Gasteiger partial charge in [0, 0.05) is 26.9 Å². The van der Waals surface area contributed by atoms with Gasteiger partial charge in [0.25, 0.3) is 5.91 Å². The number of nitrogens with one attached hydrogen (secondary N) is 1. The van der Waals surface area contributed by atoms with Crippen LogP contribution in [0.25, 0.3) is 11.6 Å². The average molecular weight is 529 g/mol. The SMILES string of the molecule is COc1cc(/C=C2/C(=O)Nc3cc(C(F)(F)F)ccc32)c(Br)cc1OCc1ccccc1C#N. The predicted octanol–water partition coefficient (Wildman–Crippen LogP) is 6.42. The van der Waals surface area contributed by atoms with E-state index in [0.29, 0.717) is 38.2 Å². The molecule has 1 aliphatic rings. The van der Waals surface area contributed by atoms with Crippen molar-refractivity contribution in [3.8, 4) is 17.6 Å². The van der Waals surface area contributed by atoms with Gasteiger partial charge >= 0.3 is 6.18 Å². The molecule has 4 rings (SSSR count). The van der Waals surface area contributed by atoms with E-state index in [1.165, 1.54) is 13.2 Å². The molecule has 0 unspecified atom stereocenters. The molecule has 0 radical (unpaired) electrons. The molecule has 1 N–H and O–H groups in total. The molecule has 172 valence electrons. The first-order valence-corrected chi connectivity index (χ1v) is 10.7. The highest BCUT2D eigenvalue weighted by atomic mass is 79.9. The Morgan fingerprint density at radius 3 is 2.59 bits per heavy atom. The number of halogens is 4. The fraction of sp³-hybridized carbons (Fsp3) is 0.120. The number of rotatable bonds is 5. The van der Waals surface area contributed by atoms with Crippen molar-refractivity contribution < 1.29 is 27.4 Å². The van der Waals surface area contributed by atoms with Gasteiger partial charge in [-0.3, -0.25) is 4.79 Å². The maximum atomic E-state index is 13.0. The number of anilines is 1. The minimum absolute atomic E-state index is 0.102. The number of methoxy groups -OCH3 is 1. The second kappa shape index (κ2) is 9.23. The smallest absolute Gasteiger partial charge is 0.416 e. The molecule has 0 saturated carbocycles. The number of carbonyl (C=O) groups excluding carboxylic acids is 1. The zero-order valence-electron chi connectivity index (χ0n) is 17.7. The topological polar surface area (TPSA) is 71.3 Å². The first-order valence-electron chi connectivity index (χ1n) is 9.94. The number of ether oxygens (including phenoxy) is 2. The van der Waals surface area contributed by atoms with Crippen molar-refractivity contribution in [1.29, 1.82) is 5.26 Å². The van der Waals surface area contributed by atoms with Crippen molar-refractivity contribution in [3.05, 3.63) is 86.9 Å². The van der Waals surface area contributed by atoms with Crippen LogP contribution in [0.1, 0.15) is 27.8 Å². The lowest BCUT2D eigenvalue weighted by Gasteiger charge is -2.14. The lowest BCUT2D eigenvalue weighted by atomic mass is 10.0. The molecule has 0 aliphatic carbocycles. The van der Waals surface area contributed by atoms with E-state index in [9.17, 15) is 23.2 Å². The number of hydrogen-bond donors (Lipinski definition) is 1. The van der Waals surface area contributed by atoms with Crippen LogP contribution in [0, 0.1) is 11.3 Å². The molecule has 3 aromatic rings. The first-order chi connectivity index (χ1) is 16.2. The van der Waals surface area contributed by atoms with Gasteiger partial charge < -0.3 is 14.8 Å². The van der Waals surface area contributed by atoms with E-state index < -0.39 is 17.6 Å². The van der Waals surface area contributed by atoms with Crippen LogP contribution in [-0.4, -0.2) is 13.0 Å². The molecule has 9 heteroatoms. The number of hydrogen-bond acceptors (Lipinski definition) is 4. The van der Waals surface area contributed by atoms with Crippen LogP contribution in [0.4, 0.5) is 18.9 Å². The zero-order chi connectivity index (χ0) is 24.5. The third-order valence-corrected chi connectivity index (χ3v) is 5.92. The van der Waals surface area contributed by atoms with Crippen LogP contribution in [0.5, 0.6) is 11.5 Å². The van der Waals surface area contributed by atoms with E-state index in [1.807, 2.05) is 6.07 Å². The molecule has 1 aliphatic heterocycles. The molecule has 5 nitrogen and oxygen atoms in total. The van der Waals surface area contributed by atoms with E-state index in [2.05, 4.69) is 27.3 Å². The van der Waals surface area contributed by atoms with Crippen LogP contribution in [0.3, 0.4) is 0 Å². The third-order valence-electron chi connectivity index (χ3n) is 5.23. The summed E-state index contributed by atoms with van der Waals surface area (Å²) in [5, 5.41) is 11.7. The van der Waals surface area contributed by atoms with Crippen molar-refractivity contribution in [3.63, 3.8) is 0 Å². The summed E-state index contributed by atoms with van der Waals surface area (Å²) in [5.74, 6) is 0.291. The minimum Gasteiger partial charge on any atom is -0.493 e. The quantitative estimate of drug-likeness (QED) is 0.388. The molecular weight excluding hydrogens is 513 g/mol. The molecular formula is C25H16BrF3N2O3. The summed E-state index contributed by atoms with van der Waals surface area (Å²) in [5.41, 5.74) is 1.65. The fourth-order valence-electron chi connectivity index (χ4n) is 3.51. The maximum absolute atomic E-state index is 13.0. The van der Waals surface area contributed by atoms with Crippen LogP contribution in [0.15, 0.2) is 59.1 Å². The molecule has 1 amide bonds. The molecule has 0 fully saturated rings. The fourth-order valence-corrected chi connectivity index (χ4v) is 3.95. The number of alkyl halides is 3. The van der Waals surface area contributed by atoms with Crippen molar-refractivity contribution in [2.45, 2.75) is 12.8 Å². The predicted molar refractivity (Wildman–Crippen MR) is 124 cm³/mol. The van der Waals surface area contributed by atoms with E-state index in [4.69, 9.17) is 9.47 Å². The van der Waals surface area contributed by atoms with Gasteiger partial charge in [0.05, 0.1) is 24.3 Å². The van der Waals surface area contributed by atoms with Gasteiger partial charge in [0.1, 0.15) is 6.61 Å². The lowest BCUT2D eigenvalue weighted by molar-refractivity contribution is -0.137. The number of benzene rings is 3. The van der Waals surface area contributed by atoms with E-state index in [-0.39, 0.29) is 17.9 Å². The summed E-state index contributed by atoms with van der Waals surface area (Å²) in [6, 6.07) is 15.6. The van der Waals surface area contributed by atoms with Gasteiger partial charge in [-0.25, -0.2) is 0 Å². The van der Waals surface area contributed by atoms with Crippen molar-refractivity contribution in [2.75, 3.05) is 12.4 Å². The second-order valence-electron chi connectivity index (χ2n) is 7.35. The number of carbonyl (C=O) groups is 1. The van der Waals surface area contributed by atoms with Gasteiger partial charge in [-0.15, -0.1) is 0 Å². The Bertz CT molecular complexity index is 1360. The Hall–Kier alpha value is -3.77. The number of amides is 1. The Morgan fingerprint density at radius 1 is 1.12 bits per heavy atom. The average Bonchev–Trinajstić information content (AvgIpc) is 3.12. The monoisotopic (exact) mass is 528 g/mol. The molecule has 1 heterocycles. The van der Waals surface area contributed by atoms with Gasteiger partial charge in [-0.2, -0.15) is 18.4 Å². The largest absolute Gasteiger partial charge is 0.493 e. The van der Waals surface area contributed by atoms with Gasteiger partial charge in [0.2, 0.25) is 0 Å². The number of nitrogens with zero attached hydrogens (tertiary/aromatic N) is 1. The standard InChI is InChI=1S/C25H16BrF3N2O3/c1-33-22-9-16(20(26)11-23(22)34-13-15-5-3-2-4-14(15)12-30)8-19-18-7-6-17(25(27,28)29)10-21(18)31-24(19)32/h2-11H,13H2,1H3,(H,31,32)/b19-8+. The molecule has 0 bridgehead atoms. The van der Waals surface area contributed by atoms with Crippen LogP contribution in [0.2, 0.25) is 0 Å². The van der Waals surface area contributed by atoms with E-state index in [1.54, 1.807) is 36.4 Å². The van der Waals surface area contributed by atoms with Crippen molar-refractivity contribution in [2.24, 2.45) is 0 Å². The van der Waals surface area contributed by atoms with Gasteiger partial charge in [0.15, 0.2) is 11.5 Å². The van der Waals surface area contributed by atoms with Crippen LogP contribution in [-0.2, 0) is 17.6 Å². The second-order valence-corrected chi connectivity index (χ2v) is 8.21. The normalized spacial score (nSPS) is 13.9. The Kier molecular flexibility index (Phi) is 6.35. The molecule has 0 spiro atoms. The molecule has 0 atom stereocenters. The molecule has 34 heavy (non-hydrogen) atoms. The Morgan fingerprint density at radius 2 is 1.88 bits per heavy atom. The summed E-state index contributed by atoms with van der Waals surface area (Å²) >= 11 is 3.46. The van der Waals surface area contributed by atoms with Crippen LogP contribution < -0.4 is 14.8 Å². The molecule has 3 aromatic carbocycles. The summed E-state index contributed by atoms with van der Waals surface area (Å²) < 4.78 is 50.9. The van der Waals surface area contributed by atoms with Gasteiger partial charge in [-0.05, 0) is 42.0 Å². The van der Waals surface area contributed by atoms with Gasteiger partial charge in [-0.1, -0.05) is 40.2 Å². The number of nitriles is 1. The van der Waals surface area contributed by atoms with E-state index in [0.717, 1.165) is 12.1 Å². The highest BCUT2D eigenvalue weighted by Gasteiger charge is 2.33. The van der Waals surface area contributed by atoms with Crippen molar-refractivity contribution in [1.82, 2.24) is 0 Å². The zero-order valence-corrected chi connectivity index (χ0v) is 19.3. The lowest BCUT2D eigenvalue weighted by Crippen LogP contribution is -2.06. The summed E-state index contributed by atoms with van der Waals surface area (Å²) in [6.07, 6.45) is -2.94. The summed E-state index contributed by atoms with van der Waals surface area (Å²) in [4.78, 5) is 12.5. The highest BCUT2D eigenvalue weighted by Crippen LogP contribution is 2.40. The van der Waals surface area contributed by atoms with Crippen molar-refractivity contribution >= 4 is 39.2 Å². The third kappa shape index (κ3) is 4.63. The maximum Gasteiger partial charge on any atom is 0.416 e. The molecule has 0 aromatic heterocycles. The Labute approximate surface area is 201 Å². The van der Waals surface area contributed by atoms with E-state index >= 15 is 0 Å². The van der Waals surface area contributed by atoms with Crippen LogP contribution >= 0.6 is 15.9 Å². The highest BCUT2D eigenvalue weighted by molar-refractivity contribution is 9.10.